The van der Waals surface area contributed by atoms with Crippen LogP contribution in [0.3, 0.4) is 0 Å². The lowest BCUT2D eigenvalue weighted by Crippen LogP contribution is -2.47. The second-order valence-electron chi connectivity index (χ2n) is 5.25. The van der Waals surface area contributed by atoms with Crippen LogP contribution in [0.25, 0.3) is 0 Å². The van der Waals surface area contributed by atoms with Crippen LogP contribution in [0.15, 0.2) is 24.3 Å². The molecule has 0 aliphatic carbocycles. The van der Waals surface area contributed by atoms with E-state index in [0.717, 1.165) is 13.1 Å². The highest BCUT2D eigenvalue weighted by molar-refractivity contribution is 5.85. The molecular weight excluding hydrogens is 320 g/mol. The zero-order chi connectivity index (χ0) is 15.9. The van der Waals surface area contributed by atoms with E-state index in [2.05, 4.69) is 10.2 Å². The summed E-state index contributed by atoms with van der Waals surface area (Å²) in [4.78, 5) is 14.2. The number of amides is 1. The molecule has 130 valence electrons. The Balaban J connectivity index is 0.00000264. The quantitative estimate of drug-likeness (QED) is 0.774. The van der Waals surface area contributed by atoms with Gasteiger partial charge in [0.1, 0.15) is 6.61 Å². The largest absolute Gasteiger partial charge is 0.485 e. The van der Waals surface area contributed by atoms with Crippen molar-refractivity contribution in [1.82, 2.24) is 10.2 Å². The molecule has 1 amide bonds. The molecule has 0 aromatic heterocycles. The number of nitrogens with zero attached hydrogens (tertiary/aromatic N) is 1. The highest BCUT2D eigenvalue weighted by Gasteiger charge is 2.27. The van der Waals surface area contributed by atoms with Gasteiger partial charge in [0.15, 0.2) is 11.5 Å². The monoisotopic (exact) mass is 344 g/mol. The molecule has 0 saturated heterocycles. The van der Waals surface area contributed by atoms with Crippen LogP contribution in [0.4, 0.5) is 0 Å². The maximum atomic E-state index is 12.1. The molecule has 7 heteroatoms. The fourth-order valence-corrected chi connectivity index (χ4v) is 2.33. The molecule has 0 fully saturated rings. The van der Waals surface area contributed by atoms with Crippen LogP contribution < -0.4 is 14.8 Å². The molecule has 2 unspecified atom stereocenters. The molecule has 0 bridgehead atoms. The summed E-state index contributed by atoms with van der Waals surface area (Å²) in [5.74, 6) is 0.943. The first kappa shape index (κ1) is 19.5. The van der Waals surface area contributed by atoms with Crippen LogP contribution in [0.2, 0.25) is 0 Å². The number of carbonyl (C=O) groups excluding carboxylic acids is 1. The Morgan fingerprint density at radius 2 is 2.00 bits per heavy atom. The predicted molar refractivity (Wildman–Crippen MR) is 90.4 cm³/mol. The molecule has 0 saturated carbocycles. The van der Waals surface area contributed by atoms with Gasteiger partial charge in [-0.2, -0.15) is 0 Å². The first-order valence-electron chi connectivity index (χ1n) is 7.70. The second-order valence-corrected chi connectivity index (χ2v) is 5.25. The minimum Gasteiger partial charge on any atom is -0.485 e. The topological polar surface area (TPSA) is 71.0 Å². The van der Waals surface area contributed by atoms with Gasteiger partial charge in [-0.3, -0.25) is 4.79 Å². The second kappa shape index (κ2) is 9.60. The Morgan fingerprint density at radius 1 is 1.35 bits per heavy atom. The smallest absolute Gasteiger partial charge is 0.264 e. The van der Waals surface area contributed by atoms with Gasteiger partial charge in [0, 0.05) is 13.1 Å². The third kappa shape index (κ3) is 5.57. The van der Waals surface area contributed by atoms with Gasteiger partial charge in [-0.05, 0) is 25.2 Å². The van der Waals surface area contributed by atoms with Crippen molar-refractivity contribution < 1.29 is 19.4 Å². The number of ether oxygens (including phenoxy) is 2. The van der Waals surface area contributed by atoms with Crippen LogP contribution in [-0.4, -0.2) is 60.9 Å². The minimum absolute atomic E-state index is 0. The maximum absolute atomic E-state index is 12.1. The Bertz CT molecular complexity index is 497. The molecule has 23 heavy (non-hydrogen) atoms. The summed E-state index contributed by atoms with van der Waals surface area (Å²) in [7, 11) is 0. The summed E-state index contributed by atoms with van der Waals surface area (Å²) in [6.07, 6.45) is -1.28. The lowest BCUT2D eigenvalue weighted by molar-refractivity contribution is -0.130. The third-order valence-corrected chi connectivity index (χ3v) is 3.68. The normalized spacial score (nSPS) is 17.3. The number of likely N-dealkylation sites (N-methyl/N-ethyl adjacent to an activating group) is 1. The Hall–Kier alpha value is -1.50. The zero-order valence-corrected chi connectivity index (χ0v) is 14.3. The van der Waals surface area contributed by atoms with Crippen LogP contribution in [0.1, 0.15) is 13.8 Å². The van der Waals surface area contributed by atoms with Crippen molar-refractivity contribution in [3.05, 3.63) is 24.3 Å². The number of aliphatic hydroxyl groups is 1. The highest BCUT2D eigenvalue weighted by Crippen LogP contribution is 2.30. The number of benzene rings is 1. The Labute approximate surface area is 143 Å². The summed E-state index contributed by atoms with van der Waals surface area (Å²) >= 11 is 0. The van der Waals surface area contributed by atoms with Crippen LogP contribution in [0, 0.1) is 0 Å². The van der Waals surface area contributed by atoms with Gasteiger partial charge < -0.3 is 24.8 Å². The summed E-state index contributed by atoms with van der Waals surface area (Å²) in [6, 6.07) is 7.25. The van der Waals surface area contributed by atoms with Crippen LogP contribution in [0.5, 0.6) is 11.5 Å². The van der Waals surface area contributed by atoms with Gasteiger partial charge in [-0.25, -0.2) is 0 Å². The van der Waals surface area contributed by atoms with Crippen molar-refractivity contribution in [2.75, 3.05) is 32.8 Å². The molecule has 0 spiro atoms. The van der Waals surface area contributed by atoms with E-state index in [4.69, 9.17) is 9.47 Å². The Morgan fingerprint density at radius 3 is 2.65 bits per heavy atom. The molecule has 1 aliphatic rings. The number of para-hydroxylation sites is 2. The van der Waals surface area contributed by atoms with Crippen molar-refractivity contribution in [3.8, 4) is 11.5 Å². The van der Waals surface area contributed by atoms with E-state index in [-0.39, 0.29) is 31.5 Å². The minimum atomic E-state index is -0.685. The van der Waals surface area contributed by atoms with Crippen molar-refractivity contribution in [2.45, 2.75) is 26.1 Å². The van der Waals surface area contributed by atoms with Gasteiger partial charge in [0.25, 0.3) is 5.91 Å². The number of hydrogen-bond donors (Lipinski definition) is 2. The molecule has 2 rings (SSSR count). The Kier molecular flexibility index (Phi) is 8.16. The number of halogens is 1. The van der Waals surface area contributed by atoms with Gasteiger partial charge in [-0.15, -0.1) is 12.4 Å². The molecule has 1 heterocycles. The maximum Gasteiger partial charge on any atom is 0.264 e. The number of aliphatic hydroxyl groups excluding tert-OH is 1. The van der Waals surface area contributed by atoms with E-state index in [9.17, 15) is 9.90 Å². The van der Waals surface area contributed by atoms with Gasteiger partial charge >= 0.3 is 0 Å². The SMILES string of the molecule is CCN(CC)CC(O)CNC(=O)C1COc2ccccc2O1.Cl. The molecule has 0 radical (unpaired) electrons. The molecular formula is C16H25ClN2O4. The number of rotatable bonds is 7. The average molecular weight is 345 g/mol. The molecule has 2 atom stereocenters. The van der Waals surface area contributed by atoms with E-state index >= 15 is 0 Å². The van der Waals surface area contributed by atoms with Crippen molar-refractivity contribution in [2.24, 2.45) is 0 Å². The number of nitrogens with one attached hydrogen (secondary N) is 1. The highest BCUT2D eigenvalue weighted by atomic mass is 35.5. The van der Waals surface area contributed by atoms with E-state index in [1.165, 1.54) is 0 Å². The first-order chi connectivity index (χ1) is 10.6. The summed E-state index contributed by atoms with van der Waals surface area (Å²) in [5.41, 5.74) is 0. The lowest BCUT2D eigenvalue weighted by Gasteiger charge is -2.26. The van der Waals surface area contributed by atoms with E-state index in [1.807, 2.05) is 26.0 Å². The number of carbonyl (C=O) groups is 1. The predicted octanol–water partition coefficient (Wildman–Crippen LogP) is 1.07. The van der Waals surface area contributed by atoms with Crippen molar-refractivity contribution in [1.29, 1.82) is 0 Å². The summed E-state index contributed by atoms with van der Waals surface area (Å²) < 4.78 is 11.1. The van der Waals surface area contributed by atoms with E-state index in [1.54, 1.807) is 12.1 Å². The van der Waals surface area contributed by atoms with Crippen molar-refractivity contribution in [3.63, 3.8) is 0 Å². The molecule has 1 aliphatic heterocycles. The third-order valence-electron chi connectivity index (χ3n) is 3.68. The van der Waals surface area contributed by atoms with E-state index < -0.39 is 12.2 Å². The van der Waals surface area contributed by atoms with Gasteiger partial charge in [-0.1, -0.05) is 26.0 Å². The molecule has 1 aromatic carbocycles. The molecule has 6 nitrogen and oxygen atoms in total. The summed E-state index contributed by atoms with van der Waals surface area (Å²) in [5, 5.41) is 12.7. The average Bonchev–Trinajstić information content (AvgIpc) is 2.57. The summed E-state index contributed by atoms with van der Waals surface area (Å²) in [6.45, 7) is 6.75. The number of hydrogen-bond acceptors (Lipinski definition) is 5. The van der Waals surface area contributed by atoms with Crippen molar-refractivity contribution >= 4 is 18.3 Å². The number of fused-ring (bicyclic) bond motifs is 1. The fraction of sp³-hybridized carbons (Fsp3) is 0.562. The lowest BCUT2D eigenvalue weighted by atomic mass is 10.2. The van der Waals surface area contributed by atoms with Gasteiger partial charge in [0.2, 0.25) is 6.10 Å². The van der Waals surface area contributed by atoms with Crippen LogP contribution in [-0.2, 0) is 4.79 Å². The standard InChI is InChI=1S/C16H24N2O4.ClH/c1-3-18(4-2)10-12(19)9-17-16(20)15-11-21-13-7-5-6-8-14(13)22-15;/h5-8,12,15,19H,3-4,9-11H2,1-2H3,(H,17,20);1H. The fourth-order valence-electron chi connectivity index (χ4n) is 2.33. The molecule has 2 N–H and O–H groups in total. The van der Waals surface area contributed by atoms with Gasteiger partial charge in [0.05, 0.1) is 6.10 Å². The van der Waals surface area contributed by atoms with Crippen LogP contribution >= 0.6 is 12.4 Å². The zero-order valence-electron chi connectivity index (χ0n) is 13.5. The first-order valence-corrected chi connectivity index (χ1v) is 7.70. The molecule has 1 aromatic rings. The van der Waals surface area contributed by atoms with E-state index in [0.29, 0.717) is 18.0 Å².